The van der Waals surface area contributed by atoms with Crippen LogP contribution >= 0.6 is 0 Å². The molecule has 2 rings (SSSR count). The quantitative estimate of drug-likeness (QED) is 0.0647. The maximum atomic E-state index is 13.7. The number of hydrogen-bond acceptors (Lipinski definition) is 9. The maximum absolute atomic E-state index is 13.7. The molecule has 254 valence electrons. The lowest BCUT2D eigenvalue weighted by Gasteiger charge is -2.27. The highest BCUT2D eigenvalue weighted by atomic mass is 16.5. The number of hydrogen-bond donors (Lipinski definition) is 8. The van der Waals surface area contributed by atoms with Crippen molar-refractivity contribution < 1.29 is 33.5 Å². The third-order valence-electron chi connectivity index (χ3n) is 7.00. The van der Waals surface area contributed by atoms with Crippen molar-refractivity contribution in [3.8, 4) is 5.75 Å². The van der Waals surface area contributed by atoms with Gasteiger partial charge < -0.3 is 48.5 Å². The van der Waals surface area contributed by atoms with E-state index in [0.29, 0.717) is 37.3 Å². The van der Waals surface area contributed by atoms with Crippen LogP contribution in [-0.4, -0.2) is 91.7 Å². The van der Waals surface area contributed by atoms with E-state index in [1.165, 1.54) is 6.92 Å². The topological polar surface area (TPSA) is 262 Å². The molecule has 0 saturated carbocycles. The Balaban J connectivity index is 2.42. The highest BCUT2D eigenvalue weighted by Crippen LogP contribution is 2.15. The number of rotatable bonds is 13. The number of guanidine groups is 1. The first-order chi connectivity index (χ1) is 21.8. The molecule has 0 unspecified atom stereocenters. The number of carbonyl (C=O) groups excluding carboxylic acids is 6. The molecule has 1 aromatic rings. The summed E-state index contributed by atoms with van der Waals surface area (Å²) < 4.78 is 5.63. The van der Waals surface area contributed by atoms with Crippen LogP contribution in [0.2, 0.25) is 0 Å². The third-order valence-corrected chi connectivity index (χ3v) is 7.00. The molecule has 0 aromatic heterocycles. The van der Waals surface area contributed by atoms with Gasteiger partial charge in [0.05, 0.1) is 13.2 Å². The van der Waals surface area contributed by atoms with Crippen molar-refractivity contribution >= 4 is 41.3 Å². The molecule has 0 aliphatic carbocycles. The SMILES string of the molecule is CC(=O)C[C@@H]1NC(=O)CNC(=O)[C@H](CCCN=C(N)N)NC(=O)[C@H](C(C)C)NC(=O)[C@@H](Cc2ccc(OCCCN)cc2)NC1=O. The number of amides is 5. The van der Waals surface area contributed by atoms with Gasteiger partial charge in [-0.1, -0.05) is 26.0 Å². The second kappa shape index (κ2) is 18.9. The fraction of sp³-hybridized carbons (Fsp3) is 0.567. The van der Waals surface area contributed by atoms with Gasteiger partial charge in [0.25, 0.3) is 0 Å². The van der Waals surface area contributed by atoms with Crippen molar-refractivity contribution in [3.05, 3.63) is 29.8 Å². The zero-order valence-corrected chi connectivity index (χ0v) is 26.6. The third kappa shape index (κ3) is 13.1. The van der Waals surface area contributed by atoms with E-state index >= 15 is 0 Å². The van der Waals surface area contributed by atoms with E-state index in [4.69, 9.17) is 21.9 Å². The molecule has 1 heterocycles. The lowest BCUT2D eigenvalue weighted by Crippen LogP contribution is -2.59. The van der Waals surface area contributed by atoms with Gasteiger partial charge in [-0.05, 0) is 56.3 Å². The van der Waals surface area contributed by atoms with Crippen molar-refractivity contribution in [3.63, 3.8) is 0 Å². The van der Waals surface area contributed by atoms with Crippen molar-refractivity contribution in [1.82, 2.24) is 26.6 Å². The van der Waals surface area contributed by atoms with Gasteiger partial charge in [-0.25, -0.2) is 0 Å². The summed E-state index contributed by atoms with van der Waals surface area (Å²) in [6.07, 6.45) is 0.787. The van der Waals surface area contributed by atoms with Crippen LogP contribution in [0, 0.1) is 5.92 Å². The van der Waals surface area contributed by atoms with Crippen LogP contribution in [0.25, 0.3) is 0 Å². The maximum Gasteiger partial charge on any atom is 0.243 e. The highest BCUT2D eigenvalue weighted by Gasteiger charge is 2.33. The fourth-order valence-corrected chi connectivity index (χ4v) is 4.57. The Morgan fingerprint density at radius 3 is 2.15 bits per heavy atom. The van der Waals surface area contributed by atoms with E-state index in [-0.39, 0.29) is 37.6 Å². The van der Waals surface area contributed by atoms with E-state index in [2.05, 4.69) is 31.6 Å². The van der Waals surface area contributed by atoms with Crippen molar-refractivity contribution in [2.24, 2.45) is 28.1 Å². The Labute approximate surface area is 268 Å². The molecular weight excluding hydrogens is 598 g/mol. The van der Waals surface area contributed by atoms with Crippen molar-refractivity contribution in [2.75, 3.05) is 26.2 Å². The minimum Gasteiger partial charge on any atom is -0.494 e. The first kappa shape index (κ1) is 37.5. The normalized spacial score (nSPS) is 21.5. The summed E-state index contributed by atoms with van der Waals surface area (Å²) in [7, 11) is 0. The lowest BCUT2D eigenvalue weighted by molar-refractivity contribution is -0.135. The Morgan fingerprint density at radius 1 is 0.891 bits per heavy atom. The van der Waals surface area contributed by atoms with Crippen molar-refractivity contribution in [1.29, 1.82) is 0 Å². The fourth-order valence-electron chi connectivity index (χ4n) is 4.57. The molecule has 11 N–H and O–H groups in total. The summed E-state index contributed by atoms with van der Waals surface area (Å²) in [5, 5.41) is 12.9. The monoisotopic (exact) mass is 645 g/mol. The molecule has 0 radical (unpaired) electrons. The zero-order valence-electron chi connectivity index (χ0n) is 26.6. The number of Topliss-reactive ketones (excluding diaryl/α,β-unsaturated/α-hetero) is 1. The van der Waals surface area contributed by atoms with Crippen LogP contribution < -0.4 is 48.5 Å². The van der Waals surface area contributed by atoms with Crippen LogP contribution in [0.3, 0.4) is 0 Å². The summed E-state index contributed by atoms with van der Waals surface area (Å²) in [4.78, 5) is 82.2. The van der Waals surface area contributed by atoms with E-state index in [1.54, 1.807) is 38.1 Å². The largest absolute Gasteiger partial charge is 0.494 e. The second-order valence-electron chi connectivity index (χ2n) is 11.4. The van der Waals surface area contributed by atoms with E-state index in [1.807, 2.05) is 0 Å². The minimum absolute atomic E-state index is 0.0152. The Hall–Kier alpha value is -4.73. The number of carbonyl (C=O) groups is 6. The smallest absolute Gasteiger partial charge is 0.243 e. The molecular formula is C30H47N9O7. The number of ether oxygens (including phenoxy) is 1. The Bertz CT molecular complexity index is 1250. The second-order valence-corrected chi connectivity index (χ2v) is 11.4. The zero-order chi connectivity index (χ0) is 34.2. The minimum atomic E-state index is -1.32. The van der Waals surface area contributed by atoms with Gasteiger partial charge in [0.1, 0.15) is 35.7 Å². The summed E-state index contributed by atoms with van der Waals surface area (Å²) in [5.74, 6) is -3.84. The van der Waals surface area contributed by atoms with E-state index in [9.17, 15) is 28.8 Å². The molecule has 1 aliphatic heterocycles. The first-order valence-electron chi connectivity index (χ1n) is 15.3. The number of ketones is 1. The number of nitrogens with two attached hydrogens (primary N) is 3. The number of benzene rings is 1. The van der Waals surface area contributed by atoms with Gasteiger partial charge >= 0.3 is 0 Å². The molecule has 0 bridgehead atoms. The molecule has 1 aromatic carbocycles. The molecule has 46 heavy (non-hydrogen) atoms. The van der Waals surface area contributed by atoms with Crippen LogP contribution in [0.4, 0.5) is 0 Å². The van der Waals surface area contributed by atoms with Gasteiger partial charge in [0.2, 0.25) is 29.5 Å². The molecule has 4 atom stereocenters. The molecule has 1 fully saturated rings. The van der Waals surface area contributed by atoms with Crippen LogP contribution in [0.1, 0.15) is 52.0 Å². The number of nitrogens with one attached hydrogen (secondary N) is 5. The van der Waals surface area contributed by atoms with Gasteiger partial charge in [-0.3, -0.25) is 33.8 Å². The van der Waals surface area contributed by atoms with E-state index in [0.717, 1.165) is 0 Å². The highest BCUT2D eigenvalue weighted by molar-refractivity contribution is 5.98. The van der Waals surface area contributed by atoms with Gasteiger partial charge in [0, 0.05) is 19.4 Å². The average molecular weight is 646 g/mol. The van der Waals surface area contributed by atoms with E-state index < -0.39 is 66.2 Å². The standard InChI is InChI=1S/C30H47N9O7/c1-17(2)25-29(45)37-21(6-4-12-34-30(32)33)26(42)35-16-24(41)36-22(14-18(3)40)27(43)38-23(28(44)39-25)15-19-7-9-20(10-8-19)46-13-5-11-31/h7-10,17,21-23,25H,4-6,11-16,31H2,1-3H3,(H,35,42)(H,36,41)(H,37,45)(H,38,43)(H,39,44)(H4,32,33,34)/t21-,22-,23+,25-/m0/s1. The molecule has 5 amide bonds. The van der Waals surface area contributed by atoms with Crippen LogP contribution in [0.5, 0.6) is 5.75 Å². The average Bonchev–Trinajstić information content (AvgIpc) is 2.99. The molecule has 16 nitrogen and oxygen atoms in total. The summed E-state index contributed by atoms with van der Waals surface area (Å²) in [6.45, 7) is 5.28. The molecule has 0 spiro atoms. The first-order valence-corrected chi connectivity index (χ1v) is 15.3. The Morgan fingerprint density at radius 2 is 1.54 bits per heavy atom. The Kier molecular flexibility index (Phi) is 15.4. The summed E-state index contributed by atoms with van der Waals surface area (Å²) >= 11 is 0. The predicted octanol–water partition coefficient (Wildman–Crippen LogP) is -2.29. The molecule has 1 aliphatic rings. The molecule has 16 heteroatoms. The molecule has 1 saturated heterocycles. The summed E-state index contributed by atoms with van der Waals surface area (Å²) in [6, 6.07) is 2.21. The number of nitrogens with zero attached hydrogens (tertiary/aromatic N) is 1. The van der Waals surface area contributed by atoms with Crippen LogP contribution in [-0.2, 0) is 35.2 Å². The number of aliphatic imine (C=N–C) groups is 1. The predicted molar refractivity (Wildman–Crippen MR) is 170 cm³/mol. The lowest BCUT2D eigenvalue weighted by atomic mass is 9.99. The summed E-state index contributed by atoms with van der Waals surface area (Å²) in [5.41, 5.74) is 16.9. The van der Waals surface area contributed by atoms with Crippen molar-refractivity contribution in [2.45, 2.75) is 77.0 Å². The van der Waals surface area contributed by atoms with Crippen LogP contribution in [0.15, 0.2) is 29.3 Å². The van der Waals surface area contributed by atoms with Gasteiger partial charge in [-0.2, -0.15) is 0 Å². The van der Waals surface area contributed by atoms with Gasteiger partial charge in [-0.15, -0.1) is 0 Å². The van der Waals surface area contributed by atoms with Gasteiger partial charge in [0.15, 0.2) is 5.96 Å².